The molecule has 5 fully saturated rings. The number of hydrogen-bond acceptors (Lipinski definition) is 11. The maximum Gasteiger partial charge on any atom is 0.136 e. The molecule has 2 aliphatic carbocycles. The van der Waals surface area contributed by atoms with Gasteiger partial charge in [-0.2, -0.15) is 15.2 Å². The summed E-state index contributed by atoms with van der Waals surface area (Å²) in [7, 11) is 0. The van der Waals surface area contributed by atoms with Crippen molar-refractivity contribution in [3.05, 3.63) is 12.2 Å². The van der Waals surface area contributed by atoms with Gasteiger partial charge >= 0.3 is 0 Å². The Morgan fingerprint density at radius 1 is 0.603 bits per heavy atom. The molecule has 0 aromatic rings. The van der Waals surface area contributed by atoms with Crippen LogP contribution in [0.1, 0.15) is 233 Å². The zero-order valence-electron chi connectivity index (χ0n) is 43.7. The van der Waals surface area contributed by atoms with E-state index in [9.17, 15) is 19.6 Å². The van der Waals surface area contributed by atoms with Gasteiger partial charge in [-0.25, -0.2) is 0 Å². The molecule has 63 heavy (non-hydrogen) atoms. The fourth-order valence-electron chi connectivity index (χ4n) is 11.8. The minimum Gasteiger partial charge on any atom is -0.314 e. The number of allylic oxidation sites excluding steroid dienone is 1. The van der Waals surface area contributed by atoms with Crippen LogP contribution in [0.2, 0.25) is 0 Å². The number of hydroxylamine groups is 6. The molecule has 0 aromatic carbocycles. The van der Waals surface area contributed by atoms with Gasteiger partial charge in [-0.15, -0.1) is 0 Å². The lowest BCUT2D eigenvalue weighted by atomic mass is 9.79. The highest BCUT2D eigenvalue weighted by Crippen LogP contribution is 2.41. The monoisotopic (exact) mass is 888 g/mol. The van der Waals surface area contributed by atoms with Gasteiger partial charge in [-0.1, -0.05) is 44.8 Å². The molecule has 4 aliphatic heterocycles. The lowest BCUT2D eigenvalue weighted by Crippen LogP contribution is -2.64. The summed E-state index contributed by atoms with van der Waals surface area (Å²) in [5.41, 5.74) is -1.10. The zero-order valence-corrected chi connectivity index (χ0v) is 43.7. The molecule has 4 saturated heterocycles. The van der Waals surface area contributed by atoms with Crippen LogP contribution in [-0.4, -0.2) is 107 Å². The molecule has 0 bridgehead atoms. The molecule has 0 aromatic heterocycles. The summed E-state index contributed by atoms with van der Waals surface area (Å²) in [5.74, 6) is 0.943. The number of ketones is 3. The van der Waals surface area contributed by atoms with Gasteiger partial charge in [-0.3, -0.25) is 24.1 Å². The minimum atomic E-state index is -0.418. The fourth-order valence-corrected chi connectivity index (χ4v) is 11.8. The van der Waals surface area contributed by atoms with Gasteiger partial charge in [0.05, 0.1) is 12.2 Å². The van der Waals surface area contributed by atoms with Crippen LogP contribution < -0.4 is 10.6 Å². The third kappa shape index (κ3) is 17.2. The molecule has 3 N–H and O–H groups in total. The third-order valence-corrected chi connectivity index (χ3v) is 13.5. The van der Waals surface area contributed by atoms with Crippen LogP contribution in [0.5, 0.6) is 0 Å². The quantitative estimate of drug-likeness (QED) is 0.159. The van der Waals surface area contributed by atoms with Gasteiger partial charge in [-0.05, 0) is 169 Å². The Hall–Kier alpha value is -1.57. The minimum absolute atomic E-state index is 0.0150. The Kier molecular flexibility index (Phi) is 19.5. The SMILES string of the molecule is CC1(C)CC(=O)CC(C)(C)N1.CC1(C)CC(=O)CC(C)(C)N1O.CC1(C)CC(=O)CC(C)(C)N1OC1C=CCCC1.CCCCNC1CC(C)(C)N(OC2CCCCC2)C(C)(C)C1. The number of carbonyl (C=O) groups is 3. The van der Waals surface area contributed by atoms with E-state index in [1.165, 1.54) is 69.3 Å². The maximum atomic E-state index is 11.8. The first kappa shape index (κ1) is 55.8. The highest BCUT2D eigenvalue weighted by Gasteiger charge is 2.49. The molecule has 0 amide bonds. The van der Waals surface area contributed by atoms with Gasteiger partial charge in [0.25, 0.3) is 0 Å². The summed E-state index contributed by atoms with van der Waals surface area (Å²) in [5, 5.41) is 22.7. The van der Waals surface area contributed by atoms with Gasteiger partial charge < -0.3 is 15.8 Å². The second-order valence-corrected chi connectivity index (χ2v) is 25.1. The van der Waals surface area contributed by atoms with Crippen LogP contribution in [0.3, 0.4) is 0 Å². The second kappa shape index (κ2) is 22.0. The number of unbranched alkanes of at least 4 members (excludes halogenated alkanes) is 1. The number of rotatable bonds is 8. The Morgan fingerprint density at radius 2 is 1.05 bits per heavy atom. The smallest absolute Gasteiger partial charge is 0.136 e. The first-order valence-corrected chi connectivity index (χ1v) is 24.9. The molecule has 1 atom stereocenters. The van der Waals surface area contributed by atoms with Crippen LogP contribution in [-0.2, 0) is 24.1 Å². The molecule has 366 valence electrons. The van der Waals surface area contributed by atoms with Crippen molar-refractivity contribution in [3.8, 4) is 0 Å². The second-order valence-electron chi connectivity index (χ2n) is 25.1. The van der Waals surface area contributed by atoms with E-state index >= 15 is 0 Å². The zero-order chi connectivity index (χ0) is 47.9. The van der Waals surface area contributed by atoms with Gasteiger partial charge in [0.15, 0.2) is 0 Å². The van der Waals surface area contributed by atoms with Crippen molar-refractivity contribution in [1.82, 2.24) is 25.8 Å². The van der Waals surface area contributed by atoms with Crippen LogP contribution in [0.4, 0.5) is 0 Å². The summed E-state index contributed by atoms with van der Waals surface area (Å²) in [4.78, 5) is 47.1. The summed E-state index contributed by atoms with van der Waals surface area (Å²) in [6.45, 7) is 37.0. The van der Waals surface area contributed by atoms with Crippen molar-refractivity contribution in [2.75, 3.05) is 6.54 Å². The first-order valence-electron chi connectivity index (χ1n) is 24.9. The van der Waals surface area contributed by atoms with E-state index in [0.29, 0.717) is 62.2 Å². The lowest BCUT2D eigenvalue weighted by Gasteiger charge is -2.55. The van der Waals surface area contributed by atoms with Gasteiger partial charge in [0.2, 0.25) is 0 Å². The molecule has 1 unspecified atom stereocenters. The molecule has 0 radical (unpaired) electrons. The molecular formula is C52H97N5O6. The van der Waals surface area contributed by atoms with Gasteiger partial charge in [0, 0.05) is 88.9 Å². The van der Waals surface area contributed by atoms with Crippen molar-refractivity contribution in [2.24, 2.45) is 0 Å². The summed E-state index contributed by atoms with van der Waals surface area (Å²) in [6.07, 6.45) is 23.2. The van der Waals surface area contributed by atoms with E-state index in [4.69, 9.17) is 9.68 Å². The molecule has 11 nitrogen and oxygen atoms in total. The van der Waals surface area contributed by atoms with E-state index in [0.717, 1.165) is 19.4 Å². The van der Waals surface area contributed by atoms with Crippen LogP contribution >= 0.6 is 0 Å². The first-order chi connectivity index (χ1) is 28.7. The predicted octanol–water partition coefficient (Wildman–Crippen LogP) is 11.0. The van der Waals surface area contributed by atoms with Gasteiger partial charge in [0.1, 0.15) is 17.3 Å². The van der Waals surface area contributed by atoms with Crippen LogP contribution in [0.15, 0.2) is 12.2 Å². The van der Waals surface area contributed by atoms with E-state index in [1.54, 1.807) is 0 Å². The van der Waals surface area contributed by atoms with Crippen LogP contribution in [0, 0.1) is 0 Å². The predicted molar refractivity (Wildman–Crippen MR) is 258 cm³/mol. The highest BCUT2D eigenvalue weighted by atomic mass is 16.7. The molecule has 11 heteroatoms. The molecule has 0 spiro atoms. The molecule has 6 rings (SSSR count). The summed E-state index contributed by atoms with van der Waals surface area (Å²) in [6, 6.07) is 0.614. The number of nitrogens with zero attached hydrogens (tertiary/aromatic N) is 3. The highest BCUT2D eigenvalue weighted by molar-refractivity contribution is 5.82. The van der Waals surface area contributed by atoms with Crippen molar-refractivity contribution in [1.29, 1.82) is 0 Å². The van der Waals surface area contributed by atoms with E-state index < -0.39 is 11.1 Å². The maximum absolute atomic E-state index is 11.8. The number of hydrogen-bond donors (Lipinski definition) is 3. The topological polar surface area (TPSA) is 124 Å². The Morgan fingerprint density at radius 3 is 1.48 bits per heavy atom. The van der Waals surface area contributed by atoms with Crippen molar-refractivity contribution < 1.29 is 29.3 Å². The lowest BCUT2D eigenvalue weighted by molar-refractivity contribution is -0.310. The average molecular weight is 888 g/mol. The largest absolute Gasteiger partial charge is 0.314 e. The summed E-state index contributed by atoms with van der Waals surface area (Å²) < 4.78 is 0. The fraction of sp³-hybridized carbons (Fsp3) is 0.904. The third-order valence-electron chi connectivity index (χ3n) is 13.5. The molecule has 6 aliphatic rings. The molecule has 1 saturated carbocycles. The number of carbonyl (C=O) groups excluding carboxylic acids is 3. The Labute approximate surface area is 385 Å². The average Bonchev–Trinajstić information content (AvgIpc) is 3.10. The number of piperidine rings is 4. The Bertz CT molecular complexity index is 1450. The number of Topliss-reactive ketones (excluding diaryl/α,β-unsaturated/α-hetero) is 3. The molecule has 4 heterocycles. The molecular weight excluding hydrogens is 791 g/mol. The Balaban J connectivity index is 0.000000232. The number of nitrogens with one attached hydrogen (secondary N) is 2. The van der Waals surface area contributed by atoms with E-state index in [-0.39, 0.29) is 45.1 Å². The van der Waals surface area contributed by atoms with E-state index in [1.807, 2.05) is 27.7 Å². The van der Waals surface area contributed by atoms with Crippen molar-refractivity contribution in [2.45, 2.75) is 296 Å². The standard InChI is InChI=1S/C19H38N2O.C15H25NO2.C9H17NO2.C9H17NO/c1-6-7-13-20-16-14-18(2,3)21(19(4,5)15-16)22-17-11-9-8-10-12-17;1-14(2)10-12(17)11-15(3,4)16(14)18-13-8-6-5-7-9-13;1-8(2)5-7(11)6-9(3,4)10(8)12;1-8(2)5-7(11)6-9(3,4)10-8/h16-17,20H,6-15H2,1-5H3;6,8,13H,5,7,9-11H2,1-4H3;12H,5-6H2,1-4H3;10H,5-6H2,1-4H3. The van der Waals surface area contributed by atoms with Crippen molar-refractivity contribution >= 4 is 17.3 Å². The summed E-state index contributed by atoms with van der Waals surface area (Å²) >= 11 is 0. The van der Waals surface area contributed by atoms with E-state index in [2.05, 4.69) is 123 Å². The normalized spacial score (nSPS) is 29.0. The van der Waals surface area contributed by atoms with Crippen molar-refractivity contribution in [3.63, 3.8) is 0 Å². The van der Waals surface area contributed by atoms with Crippen LogP contribution in [0.25, 0.3) is 0 Å².